The molecule has 2 N–H and O–H groups in total. The molecule has 0 amide bonds. The zero-order valence-corrected chi connectivity index (χ0v) is 15.5. The van der Waals surface area contributed by atoms with Crippen molar-refractivity contribution in [3.63, 3.8) is 0 Å². The van der Waals surface area contributed by atoms with Crippen molar-refractivity contribution in [1.29, 1.82) is 0 Å². The summed E-state index contributed by atoms with van der Waals surface area (Å²) in [4.78, 5) is 4.14. The third-order valence-corrected chi connectivity index (χ3v) is 3.58. The van der Waals surface area contributed by atoms with Gasteiger partial charge in [-0.2, -0.15) is 8.78 Å². The number of hydrogen-bond donors (Lipinski definition) is 2. The molecule has 2 aromatic rings. The Kier molecular flexibility index (Phi) is 7.66. The molecule has 0 radical (unpaired) electrons. The molecule has 8 heteroatoms. The van der Waals surface area contributed by atoms with Crippen LogP contribution < -0.4 is 24.8 Å². The predicted octanol–water partition coefficient (Wildman–Crippen LogP) is 3.88. The number of ether oxygens (including phenoxy) is 3. The van der Waals surface area contributed by atoms with Gasteiger partial charge in [0, 0.05) is 30.9 Å². The van der Waals surface area contributed by atoms with Gasteiger partial charge in [0.2, 0.25) is 0 Å². The number of halogens is 2. The molecule has 27 heavy (non-hydrogen) atoms. The number of alkyl halides is 2. The Hall–Kier alpha value is -3.03. The molecule has 146 valence electrons. The number of aliphatic imine (C=N–C) groups is 1. The molecule has 0 atom stereocenters. The van der Waals surface area contributed by atoms with E-state index in [1.165, 1.54) is 6.07 Å². The highest BCUT2D eigenvalue weighted by molar-refractivity contribution is 5.93. The van der Waals surface area contributed by atoms with E-state index in [4.69, 9.17) is 9.47 Å². The van der Waals surface area contributed by atoms with E-state index in [2.05, 4.69) is 20.4 Å². The van der Waals surface area contributed by atoms with Gasteiger partial charge in [0.1, 0.15) is 5.75 Å². The average Bonchev–Trinajstić information content (AvgIpc) is 2.67. The first-order valence-electron chi connectivity index (χ1n) is 8.38. The third kappa shape index (κ3) is 6.02. The van der Waals surface area contributed by atoms with Crippen molar-refractivity contribution in [2.45, 2.75) is 20.1 Å². The monoisotopic (exact) mass is 379 g/mol. The molecule has 0 aliphatic heterocycles. The molecular formula is C19H23F2N3O3. The van der Waals surface area contributed by atoms with E-state index in [-0.39, 0.29) is 12.3 Å². The van der Waals surface area contributed by atoms with Crippen LogP contribution >= 0.6 is 0 Å². The summed E-state index contributed by atoms with van der Waals surface area (Å²) >= 11 is 0. The highest BCUT2D eigenvalue weighted by Crippen LogP contribution is 2.30. The van der Waals surface area contributed by atoms with Crippen LogP contribution in [0.2, 0.25) is 0 Å². The van der Waals surface area contributed by atoms with E-state index in [0.29, 0.717) is 29.6 Å². The summed E-state index contributed by atoms with van der Waals surface area (Å²) in [7, 11) is 3.18. The van der Waals surface area contributed by atoms with E-state index in [1.54, 1.807) is 44.5 Å². The lowest BCUT2D eigenvalue weighted by Crippen LogP contribution is -2.30. The maximum Gasteiger partial charge on any atom is 0.387 e. The van der Waals surface area contributed by atoms with Crippen LogP contribution in [0.15, 0.2) is 47.5 Å². The molecule has 2 aromatic carbocycles. The summed E-state index contributed by atoms with van der Waals surface area (Å²) in [5, 5.41) is 6.18. The molecule has 0 saturated carbocycles. The Balaban J connectivity index is 2.05. The van der Waals surface area contributed by atoms with Crippen LogP contribution in [0.4, 0.5) is 14.5 Å². The zero-order valence-electron chi connectivity index (χ0n) is 15.5. The number of benzene rings is 2. The topological polar surface area (TPSA) is 64.1 Å². The Morgan fingerprint density at radius 2 is 1.89 bits per heavy atom. The van der Waals surface area contributed by atoms with Crippen molar-refractivity contribution in [2.24, 2.45) is 4.99 Å². The predicted molar refractivity (Wildman–Crippen MR) is 101 cm³/mol. The van der Waals surface area contributed by atoms with Gasteiger partial charge in [-0.15, -0.1) is 0 Å². The third-order valence-electron chi connectivity index (χ3n) is 3.58. The quantitative estimate of drug-likeness (QED) is 0.538. The lowest BCUT2D eigenvalue weighted by atomic mass is 10.2. The summed E-state index contributed by atoms with van der Waals surface area (Å²) in [6, 6.07) is 12.0. The van der Waals surface area contributed by atoms with Gasteiger partial charge in [0.05, 0.1) is 13.7 Å². The number of rotatable bonds is 8. The Bertz CT molecular complexity index is 770. The SMILES string of the molecule is CCOc1ccc(NC(=NC)NCc2ccccc2OC(F)F)cc1OC. The van der Waals surface area contributed by atoms with Gasteiger partial charge in [-0.1, -0.05) is 18.2 Å². The first kappa shape index (κ1) is 20.3. The molecule has 0 aliphatic carbocycles. The second-order valence-electron chi connectivity index (χ2n) is 5.34. The normalized spacial score (nSPS) is 11.3. The minimum Gasteiger partial charge on any atom is -0.493 e. The van der Waals surface area contributed by atoms with E-state index in [0.717, 1.165) is 5.69 Å². The Labute approximate surface area is 157 Å². The molecule has 0 heterocycles. The minimum atomic E-state index is -2.88. The molecule has 0 bridgehead atoms. The van der Waals surface area contributed by atoms with Gasteiger partial charge in [-0.3, -0.25) is 4.99 Å². The first-order chi connectivity index (χ1) is 13.1. The van der Waals surface area contributed by atoms with Crippen molar-refractivity contribution in [3.05, 3.63) is 48.0 Å². The van der Waals surface area contributed by atoms with Crippen LogP contribution in [-0.2, 0) is 6.54 Å². The molecular weight excluding hydrogens is 356 g/mol. The van der Waals surface area contributed by atoms with E-state index < -0.39 is 6.61 Å². The number of hydrogen-bond acceptors (Lipinski definition) is 4. The van der Waals surface area contributed by atoms with E-state index in [1.807, 2.05) is 13.0 Å². The van der Waals surface area contributed by atoms with Gasteiger partial charge in [0.15, 0.2) is 17.5 Å². The van der Waals surface area contributed by atoms with E-state index in [9.17, 15) is 8.78 Å². The van der Waals surface area contributed by atoms with Crippen LogP contribution in [0.5, 0.6) is 17.2 Å². The largest absolute Gasteiger partial charge is 0.493 e. The Morgan fingerprint density at radius 1 is 1.11 bits per heavy atom. The summed E-state index contributed by atoms with van der Waals surface area (Å²) in [5.41, 5.74) is 1.32. The van der Waals surface area contributed by atoms with Crippen molar-refractivity contribution < 1.29 is 23.0 Å². The summed E-state index contributed by atoms with van der Waals surface area (Å²) in [6.07, 6.45) is 0. The lowest BCUT2D eigenvalue weighted by molar-refractivity contribution is -0.0504. The van der Waals surface area contributed by atoms with E-state index >= 15 is 0 Å². The minimum absolute atomic E-state index is 0.123. The van der Waals surface area contributed by atoms with Gasteiger partial charge in [-0.25, -0.2) is 0 Å². The smallest absolute Gasteiger partial charge is 0.387 e. The molecule has 0 aliphatic rings. The van der Waals surface area contributed by atoms with Crippen molar-refractivity contribution in [1.82, 2.24) is 5.32 Å². The standard InChI is InChI=1S/C19H23F2N3O3/c1-4-26-16-10-9-14(11-17(16)25-3)24-19(22-2)23-12-13-7-5-6-8-15(13)27-18(20)21/h5-11,18H,4,12H2,1-3H3,(H2,22,23,24). The van der Waals surface area contributed by atoms with Crippen molar-refractivity contribution in [2.75, 3.05) is 26.1 Å². The lowest BCUT2D eigenvalue weighted by Gasteiger charge is -2.16. The fourth-order valence-corrected chi connectivity index (χ4v) is 2.38. The fraction of sp³-hybridized carbons (Fsp3) is 0.316. The van der Waals surface area contributed by atoms with Gasteiger partial charge >= 0.3 is 6.61 Å². The van der Waals surface area contributed by atoms with Gasteiger partial charge in [-0.05, 0) is 25.1 Å². The number of anilines is 1. The summed E-state index contributed by atoms with van der Waals surface area (Å²) in [6.45, 7) is -0.184. The van der Waals surface area contributed by atoms with Crippen molar-refractivity contribution >= 4 is 11.6 Å². The number of nitrogens with zero attached hydrogens (tertiary/aromatic N) is 1. The van der Waals surface area contributed by atoms with Gasteiger partial charge < -0.3 is 24.8 Å². The summed E-state index contributed by atoms with van der Waals surface area (Å²) in [5.74, 6) is 1.82. The Morgan fingerprint density at radius 3 is 2.56 bits per heavy atom. The average molecular weight is 379 g/mol. The zero-order chi connectivity index (χ0) is 19.6. The molecule has 0 fully saturated rings. The second-order valence-corrected chi connectivity index (χ2v) is 5.34. The number of nitrogens with one attached hydrogen (secondary N) is 2. The number of para-hydroxylation sites is 1. The molecule has 0 spiro atoms. The first-order valence-corrected chi connectivity index (χ1v) is 8.38. The highest BCUT2D eigenvalue weighted by Gasteiger charge is 2.10. The second kappa shape index (κ2) is 10.2. The van der Waals surface area contributed by atoms with Crippen LogP contribution in [-0.4, -0.2) is 33.3 Å². The van der Waals surface area contributed by atoms with Crippen LogP contribution in [0.3, 0.4) is 0 Å². The van der Waals surface area contributed by atoms with Crippen LogP contribution in [0, 0.1) is 0 Å². The van der Waals surface area contributed by atoms with Crippen LogP contribution in [0.1, 0.15) is 12.5 Å². The van der Waals surface area contributed by atoms with Gasteiger partial charge in [0.25, 0.3) is 0 Å². The van der Waals surface area contributed by atoms with Crippen molar-refractivity contribution in [3.8, 4) is 17.2 Å². The van der Waals surface area contributed by atoms with Crippen LogP contribution in [0.25, 0.3) is 0 Å². The number of guanidine groups is 1. The molecule has 2 rings (SSSR count). The number of methoxy groups -OCH3 is 1. The maximum atomic E-state index is 12.5. The summed E-state index contributed by atoms with van der Waals surface area (Å²) < 4.78 is 40.4. The molecule has 0 saturated heterocycles. The highest BCUT2D eigenvalue weighted by atomic mass is 19.3. The molecule has 6 nitrogen and oxygen atoms in total. The fourth-order valence-electron chi connectivity index (χ4n) is 2.38. The molecule has 0 aromatic heterocycles. The maximum absolute atomic E-state index is 12.5. The molecule has 0 unspecified atom stereocenters.